The highest BCUT2D eigenvalue weighted by molar-refractivity contribution is 7.98. The van der Waals surface area contributed by atoms with Crippen LogP contribution in [0.3, 0.4) is 0 Å². The number of nitrogens with one attached hydrogen (secondary N) is 2. The number of hydrogen-bond acceptors (Lipinski definition) is 5. The van der Waals surface area contributed by atoms with Gasteiger partial charge in [0.1, 0.15) is 5.82 Å². The van der Waals surface area contributed by atoms with E-state index in [1.807, 2.05) is 18.4 Å². The Labute approximate surface area is 162 Å². The van der Waals surface area contributed by atoms with E-state index in [1.54, 1.807) is 0 Å². The Morgan fingerprint density at radius 2 is 1.89 bits per heavy atom. The van der Waals surface area contributed by atoms with Crippen molar-refractivity contribution in [3.8, 4) is 0 Å². The summed E-state index contributed by atoms with van der Waals surface area (Å²) in [6.07, 6.45) is 4.05. The average molecular weight is 382 g/mol. The molecule has 1 aliphatic heterocycles. The van der Waals surface area contributed by atoms with Crippen LogP contribution in [-0.2, 0) is 4.79 Å². The fourth-order valence-electron chi connectivity index (χ4n) is 3.94. The van der Waals surface area contributed by atoms with Gasteiger partial charge in [-0.15, -0.1) is 0 Å². The number of H-pyrrole nitrogens is 1. The van der Waals surface area contributed by atoms with Crippen LogP contribution >= 0.6 is 11.8 Å². The minimum absolute atomic E-state index is 0.126. The molecule has 0 spiro atoms. The molecule has 4 rings (SSSR count). The third-order valence-electron chi connectivity index (χ3n) is 5.37. The lowest BCUT2D eigenvalue weighted by Gasteiger charge is -2.32. The van der Waals surface area contributed by atoms with Gasteiger partial charge in [0.2, 0.25) is 0 Å². The summed E-state index contributed by atoms with van der Waals surface area (Å²) in [5, 5.41) is 3.86. The molecule has 1 unspecified atom stereocenters. The molecule has 2 heterocycles. The van der Waals surface area contributed by atoms with Crippen LogP contribution in [-0.4, -0.2) is 22.0 Å². The van der Waals surface area contributed by atoms with E-state index in [0.717, 1.165) is 29.7 Å². The van der Waals surface area contributed by atoms with Gasteiger partial charge in [0.25, 0.3) is 5.56 Å². The molecule has 6 heteroatoms. The van der Waals surface area contributed by atoms with Crippen molar-refractivity contribution in [3.05, 3.63) is 62.6 Å². The van der Waals surface area contributed by atoms with E-state index in [9.17, 15) is 9.59 Å². The van der Waals surface area contributed by atoms with E-state index >= 15 is 0 Å². The van der Waals surface area contributed by atoms with Gasteiger partial charge in [-0.1, -0.05) is 49.9 Å². The second-order valence-electron chi connectivity index (χ2n) is 7.39. The van der Waals surface area contributed by atoms with Crippen LogP contribution < -0.4 is 10.9 Å². The molecule has 140 valence electrons. The van der Waals surface area contributed by atoms with E-state index in [2.05, 4.69) is 41.3 Å². The topological polar surface area (TPSA) is 74.8 Å². The number of carbonyl (C=O) groups is 1. The first-order valence-electron chi connectivity index (χ1n) is 9.31. The van der Waals surface area contributed by atoms with Gasteiger partial charge >= 0.3 is 0 Å². The van der Waals surface area contributed by atoms with Gasteiger partial charge in [-0.05, 0) is 36.1 Å². The number of carbonyl (C=O) groups excluding carboxylic acids is 1. The van der Waals surface area contributed by atoms with Crippen molar-refractivity contribution in [2.75, 3.05) is 11.6 Å². The van der Waals surface area contributed by atoms with Crippen molar-refractivity contribution >= 4 is 23.4 Å². The standard InChI is InChI=1S/C21H23N3O2S/c1-11(2)12-7-9-13(10-8-12)16-17-14(5-4-6-15(17)25)22-19-18(16)20(26)24-21(23-19)27-3/h7-11,16H,4-6H2,1-3H3,(H2,22,23,24,26). The molecule has 2 N–H and O–H groups in total. The van der Waals surface area contributed by atoms with Crippen molar-refractivity contribution < 1.29 is 4.79 Å². The molecule has 1 aromatic heterocycles. The van der Waals surface area contributed by atoms with Crippen LogP contribution in [0.2, 0.25) is 0 Å². The first kappa shape index (κ1) is 18.0. The van der Waals surface area contributed by atoms with Gasteiger partial charge in [0, 0.05) is 23.6 Å². The number of allylic oxidation sites excluding steroid dienone is 2. The maximum atomic E-state index is 12.9. The Hall–Kier alpha value is -2.34. The zero-order chi connectivity index (χ0) is 19.1. The van der Waals surface area contributed by atoms with E-state index in [4.69, 9.17) is 0 Å². The smallest absolute Gasteiger partial charge is 0.257 e. The molecule has 2 aliphatic rings. The second kappa shape index (κ2) is 7.00. The first-order valence-corrected chi connectivity index (χ1v) is 10.5. The zero-order valence-electron chi connectivity index (χ0n) is 15.8. The van der Waals surface area contributed by atoms with Crippen molar-refractivity contribution in [2.24, 2.45) is 0 Å². The van der Waals surface area contributed by atoms with Crippen molar-refractivity contribution in [2.45, 2.75) is 50.1 Å². The monoisotopic (exact) mass is 381 g/mol. The Morgan fingerprint density at radius 3 is 2.56 bits per heavy atom. The van der Waals surface area contributed by atoms with E-state index in [0.29, 0.717) is 28.9 Å². The van der Waals surface area contributed by atoms with Gasteiger partial charge in [0.15, 0.2) is 10.9 Å². The van der Waals surface area contributed by atoms with Crippen LogP contribution in [0.1, 0.15) is 61.6 Å². The SMILES string of the molecule is CSc1nc2c(c(=O)[nH]1)C(c1ccc(C(C)C)cc1)C1=C(CCCC1=O)N2. The molecule has 0 fully saturated rings. The van der Waals surface area contributed by atoms with Crippen molar-refractivity contribution in [1.82, 2.24) is 9.97 Å². The second-order valence-corrected chi connectivity index (χ2v) is 8.18. The molecule has 0 saturated heterocycles. The molecule has 0 radical (unpaired) electrons. The van der Waals surface area contributed by atoms with Gasteiger partial charge in [0.05, 0.1) is 5.56 Å². The molecule has 27 heavy (non-hydrogen) atoms. The molecule has 5 nitrogen and oxygen atoms in total. The minimum Gasteiger partial charge on any atom is -0.343 e. The predicted molar refractivity (Wildman–Crippen MR) is 109 cm³/mol. The summed E-state index contributed by atoms with van der Waals surface area (Å²) in [7, 11) is 0. The van der Waals surface area contributed by atoms with E-state index in [-0.39, 0.29) is 17.3 Å². The van der Waals surface area contributed by atoms with Crippen molar-refractivity contribution in [3.63, 3.8) is 0 Å². The fourth-order valence-corrected chi connectivity index (χ4v) is 4.32. The maximum Gasteiger partial charge on any atom is 0.257 e. The van der Waals surface area contributed by atoms with Crippen LogP contribution in [0, 0.1) is 0 Å². The molecular formula is C21H23N3O2S. The molecule has 2 aromatic rings. The highest BCUT2D eigenvalue weighted by atomic mass is 32.2. The third-order valence-corrected chi connectivity index (χ3v) is 5.95. The summed E-state index contributed by atoms with van der Waals surface area (Å²) in [6, 6.07) is 8.27. The average Bonchev–Trinajstić information content (AvgIpc) is 2.66. The Balaban J connectivity index is 1.92. The predicted octanol–water partition coefficient (Wildman–Crippen LogP) is 4.18. The van der Waals surface area contributed by atoms with Gasteiger partial charge < -0.3 is 10.3 Å². The molecule has 0 bridgehead atoms. The number of hydrogen-bond donors (Lipinski definition) is 2. The van der Waals surface area contributed by atoms with Gasteiger partial charge in [-0.25, -0.2) is 4.98 Å². The van der Waals surface area contributed by atoms with Crippen LogP contribution in [0.5, 0.6) is 0 Å². The number of aromatic nitrogens is 2. The Kier molecular flexibility index (Phi) is 4.68. The summed E-state index contributed by atoms with van der Waals surface area (Å²) in [5.41, 5.74) is 4.21. The number of aromatic amines is 1. The first-order chi connectivity index (χ1) is 13.0. The molecule has 1 aromatic carbocycles. The van der Waals surface area contributed by atoms with Crippen LogP contribution in [0.25, 0.3) is 0 Å². The van der Waals surface area contributed by atoms with Crippen LogP contribution in [0.4, 0.5) is 5.82 Å². The number of Topliss-reactive ketones (excluding diaryl/α,β-unsaturated/α-hetero) is 1. The lowest BCUT2D eigenvalue weighted by molar-refractivity contribution is -0.116. The Bertz CT molecular complexity index is 989. The Morgan fingerprint density at radius 1 is 1.15 bits per heavy atom. The third kappa shape index (κ3) is 3.12. The molecule has 1 atom stereocenters. The molecule has 0 amide bonds. The lowest BCUT2D eigenvalue weighted by Crippen LogP contribution is -2.32. The largest absolute Gasteiger partial charge is 0.343 e. The normalized spacial score (nSPS) is 19.0. The van der Waals surface area contributed by atoms with E-state index in [1.165, 1.54) is 17.3 Å². The number of rotatable bonds is 3. The number of nitrogens with zero attached hydrogens (tertiary/aromatic N) is 1. The fraction of sp³-hybridized carbons (Fsp3) is 0.381. The van der Waals surface area contributed by atoms with E-state index < -0.39 is 0 Å². The number of thioether (sulfide) groups is 1. The molecule has 1 aliphatic carbocycles. The zero-order valence-corrected chi connectivity index (χ0v) is 16.6. The quantitative estimate of drug-likeness (QED) is 0.616. The summed E-state index contributed by atoms with van der Waals surface area (Å²) < 4.78 is 0. The maximum absolute atomic E-state index is 12.9. The van der Waals surface area contributed by atoms with Gasteiger partial charge in [-0.3, -0.25) is 9.59 Å². The highest BCUT2D eigenvalue weighted by Crippen LogP contribution is 2.43. The summed E-state index contributed by atoms with van der Waals surface area (Å²) >= 11 is 1.40. The number of fused-ring (bicyclic) bond motifs is 1. The summed E-state index contributed by atoms with van der Waals surface area (Å²) in [5.74, 6) is 0.771. The van der Waals surface area contributed by atoms with Crippen molar-refractivity contribution in [1.29, 1.82) is 0 Å². The summed E-state index contributed by atoms with van der Waals surface area (Å²) in [6.45, 7) is 4.30. The lowest BCUT2D eigenvalue weighted by atomic mass is 9.76. The van der Waals surface area contributed by atoms with Crippen LogP contribution in [0.15, 0.2) is 45.5 Å². The van der Waals surface area contributed by atoms with Gasteiger partial charge in [-0.2, -0.15) is 0 Å². The highest BCUT2D eigenvalue weighted by Gasteiger charge is 2.37. The molecule has 0 saturated carbocycles. The minimum atomic E-state index is -0.364. The number of benzene rings is 1. The summed E-state index contributed by atoms with van der Waals surface area (Å²) in [4.78, 5) is 33.1. The number of anilines is 1. The molecular weight excluding hydrogens is 358 g/mol. The number of ketones is 1.